The highest BCUT2D eigenvalue weighted by Gasteiger charge is 2.45. The summed E-state index contributed by atoms with van der Waals surface area (Å²) in [5.74, 6) is -0.441. The normalized spacial score (nSPS) is 19.8. The van der Waals surface area contributed by atoms with Crippen molar-refractivity contribution < 1.29 is 22.3 Å². The number of ether oxygens (including phenoxy) is 1. The Hall–Kier alpha value is -1.30. The Bertz CT molecular complexity index is 528. The van der Waals surface area contributed by atoms with E-state index < -0.39 is 24.6 Å². The molecule has 1 aliphatic rings. The molecule has 6 heteroatoms. The number of hydrogen-bond donors (Lipinski definition) is 0. The summed E-state index contributed by atoms with van der Waals surface area (Å²) in [4.78, 5) is 1.20. The summed E-state index contributed by atoms with van der Waals surface area (Å²) in [5, 5.41) is 0. The summed E-state index contributed by atoms with van der Waals surface area (Å²) >= 11 is 0. The van der Waals surface area contributed by atoms with Gasteiger partial charge in [0.2, 0.25) is 0 Å². The lowest BCUT2D eigenvalue weighted by Gasteiger charge is -2.38. The van der Waals surface area contributed by atoms with Crippen LogP contribution in [0.1, 0.15) is 37.8 Å². The first-order chi connectivity index (χ1) is 10.3. The molecule has 124 valence electrons. The van der Waals surface area contributed by atoms with Gasteiger partial charge in [0, 0.05) is 12.2 Å². The topological polar surface area (TPSA) is 12.5 Å². The van der Waals surface area contributed by atoms with Crippen molar-refractivity contribution in [3.8, 4) is 0 Å². The molecule has 0 aromatic heterocycles. The molecule has 1 heterocycles. The molecule has 1 atom stereocenters. The molecule has 0 aliphatic carbocycles. The number of nitrogens with zero attached hydrogens (tertiary/aromatic N) is 1. The van der Waals surface area contributed by atoms with Crippen LogP contribution in [0.5, 0.6) is 0 Å². The summed E-state index contributed by atoms with van der Waals surface area (Å²) in [6.07, 6.45) is -3.82. The van der Waals surface area contributed by atoms with Crippen LogP contribution in [-0.4, -0.2) is 32.0 Å². The molecule has 1 saturated heterocycles. The van der Waals surface area contributed by atoms with Gasteiger partial charge in [-0.05, 0) is 35.6 Å². The van der Waals surface area contributed by atoms with E-state index in [4.69, 9.17) is 4.74 Å². The van der Waals surface area contributed by atoms with E-state index in [-0.39, 0.29) is 24.8 Å². The van der Waals surface area contributed by atoms with Crippen molar-refractivity contribution in [3.05, 3.63) is 29.1 Å². The average Bonchev–Trinajstić information content (AvgIpc) is 2.45. The van der Waals surface area contributed by atoms with E-state index in [1.165, 1.54) is 11.0 Å². The first-order valence-corrected chi connectivity index (χ1v) is 7.49. The largest absolute Gasteiger partial charge is 0.411 e. The molecule has 2 nitrogen and oxygen atoms in total. The molecular formula is C16H21F4NO. The van der Waals surface area contributed by atoms with Crippen molar-refractivity contribution >= 4 is 5.69 Å². The summed E-state index contributed by atoms with van der Waals surface area (Å²) < 4.78 is 58.8. The molecule has 1 aromatic rings. The second-order valence-electron chi connectivity index (χ2n) is 5.83. The van der Waals surface area contributed by atoms with E-state index in [1.54, 1.807) is 6.07 Å². The van der Waals surface area contributed by atoms with Crippen molar-refractivity contribution in [2.24, 2.45) is 0 Å². The molecule has 0 N–H and O–H groups in total. The van der Waals surface area contributed by atoms with Crippen LogP contribution < -0.4 is 4.90 Å². The Morgan fingerprint density at radius 3 is 2.55 bits per heavy atom. The average molecular weight is 319 g/mol. The zero-order valence-corrected chi connectivity index (χ0v) is 13.0. The van der Waals surface area contributed by atoms with Crippen LogP contribution in [0.3, 0.4) is 0 Å². The minimum atomic E-state index is -4.40. The Labute approximate surface area is 128 Å². The maximum atomic E-state index is 14.4. The van der Waals surface area contributed by atoms with Gasteiger partial charge in [0.15, 0.2) is 0 Å². The number of rotatable bonds is 3. The number of anilines is 1. The van der Waals surface area contributed by atoms with Gasteiger partial charge in [0.1, 0.15) is 11.9 Å². The minimum absolute atomic E-state index is 0.00731. The van der Waals surface area contributed by atoms with Gasteiger partial charge in [-0.3, -0.25) is 0 Å². The van der Waals surface area contributed by atoms with Crippen LogP contribution in [0.25, 0.3) is 0 Å². The van der Waals surface area contributed by atoms with Crippen molar-refractivity contribution in [3.63, 3.8) is 0 Å². The van der Waals surface area contributed by atoms with E-state index in [0.29, 0.717) is 12.0 Å². The minimum Gasteiger partial charge on any atom is -0.377 e. The van der Waals surface area contributed by atoms with Gasteiger partial charge in [-0.2, -0.15) is 13.2 Å². The molecule has 2 rings (SSSR count). The SMILES string of the molecule is CCc1cc(N2CCOC[C@@H]2C(F)(F)F)cc(F)c1C(C)C. The van der Waals surface area contributed by atoms with Gasteiger partial charge in [-0.15, -0.1) is 0 Å². The number of aryl methyl sites for hydroxylation is 1. The number of benzene rings is 1. The number of hydrogen-bond acceptors (Lipinski definition) is 2. The van der Waals surface area contributed by atoms with Crippen molar-refractivity contribution in [1.29, 1.82) is 0 Å². The smallest absolute Gasteiger partial charge is 0.377 e. The second-order valence-corrected chi connectivity index (χ2v) is 5.83. The fraction of sp³-hybridized carbons (Fsp3) is 0.625. The lowest BCUT2D eigenvalue weighted by molar-refractivity contribution is -0.167. The molecule has 0 spiro atoms. The molecule has 0 bridgehead atoms. The second kappa shape index (κ2) is 6.44. The standard InChI is InChI=1S/C16H21F4NO/c1-4-11-7-12(8-13(17)15(11)10(2)3)21-5-6-22-9-14(21)16(18,19)20/h7-8,10,14H,4-6,9H2,1-3H3/t14-/m1/s1. The van der Waals surface area contributed by atoms with E-state index >= 15 is 0 Å². The van der Waals surface area contributed by atoms with Gasteiger partial charge in [0.05, 0.1) is 13.2 Å². The zero-order chi connectivity index (χ0) is 16.5. The molecule has 22 heavy (non-hydrogen) atoms. The molecule has 0 saturated carbocycles. The van der Waals surface area contributed by atoms with Gasteiger partial charge < -0.3 is 9.64 Å². The van der Waals surface area contributed by atoms with Crippen LogP contribution >= 0.6 is 0 Å². The Morgan fingerprint density at radius 2 is 2.00 bits per heavy atom. The van der Waals surface area contributed by atoms with E-state index in [1.807, 2.05) is 20.8 Å². The summed E-state index contributed by atoms with van der Waals surface area (Å²) in [6.45, 7) is 5.54. The fourth-order valence-electron chi connectivity index (χ4n) is 2.95. The van der Waals surface area contributed by atoms with Gasteiger partial charge >= 0.3 is 6.18 Å². The van der Waals surface area contributed by atoms with E-state index in [2.05, 4.69) is 0 Å². The highest BCUT2D eigenvalue weighted by atomic mass is 19.4. The molecular weight excluding hydrogens is 298 g/mol. The highest BCUT2D eigenvalue weighted by molar-refractivity contribution is 5.54. The third kappa shape index (κ3) is 3.37. The number of halogens is 4. The fourth-order valence-corrected chi connectivity index (χ4v) is 2.95. The summed E-state index contributed by atoms with van der Waals surface area (Å²) in [6, 6.07) is 1.18. The van der Waals surface area contributed by atoms with Crippen LogP contribution in [-0.2, 0) is 11.2 Å². The summed E-state index contributed by atoms with van der Waals surface area (Å²) in [7, 11) is 0. The van der Waals surface area contributed by atoms with Crippen molar-refractivity contribution in [1.82, 2.24) is 0 Å². The molecule has 1 aromatic carbocycles. The molecule has 0 unspecified atom stereocenters. The predicted octanol–water partition coefficient (Wildman–Crippen LogP) is 4.28. The molecule has 0 amide bonds. The molecule has 0 radical (unpaired) electrons. The molecule has 1 fully saturated rings. The van der Waals surface area contributed by atoms with E-state index in [9.17, 15) is 17.6 Å². The zero-order valence-electron chi connectivity index (χ0n) is 13.0. The Morgan fingerprint density at radius 1 is 1.32 bits per heavy atom. The third-order valence-corrected chi connectivity index (χ3v) is 4.00. The number of alkyl halides is 3. The first kappa shape index (κ1) is 17.1. The maximum absolute atomic E-state index is 14.4. The quantitative estimate of drug-likeness (QED) is 0.771. The third-order valence-electron chi connectivity index (χ3n) is 4.00. The Kier molecular flexibility index (Phi) is 5.00. The van der Waals surface area contributed by atoms with Crippen molar-refractivity contribution in [2.75, 3.05) is 24.7 Å². The lowest BCUT2D eigenvalue weighted by atomic mass is 9.94. The lowest BCUT2D eigenvalue weighted by Crippen LogP contribution is -2.53. The van der Waals surface area contributed by atoms with Gasteiger partial charge in [-0.1, -0.05) is 20.8 Å². The highest BCUT2D eigenvalue weighted by Crippen LogP contribution is 2.34. The van der Waals surface area contributed by atoms with Crippen LogP contribution in [0.2, 0.25) is 0 Å². The van der Waals surface area contributed by atoms with Gasteiger partial charge in [-0.25, -0.2) is 4.39 Å². The summed E-state index contributed by atoms with van der Waals surface area (Å²) in [5.41, 5.74) is 1.63. The van der Waals surface area contributed by atoms with E-state index in [0.717, 1.165) is 5.56 Å². The van der Waals surface area contributed by atoms with Crippen LogP contribution in [0, 0.1) is 5.82 Å². The predicted molar refractivity (Wildman–Crippen MR) is 77.9 cm³/mol. The van der Waals surface area contributed by atoms with Gasteiger partial charge in [0.25, 0.3) is 0 Å². The molecule has 1 aliphatic heterocycles. The number of morpholine rings is 1. The maximum Gasteiger partial charge on any atom is 0.411 e. The van der Waals surface area contributed by atoms with Crippen LogP contribution in [0.15, 0.2) is 12.1 Å². The first-order valence-electron chi connectivity index (χ1n) is 7.49. The van der Waals surface area contributed by atoms with Crippen LogP contribution in [0.4, 0.5) is 23.2 Å². The monoisotopic (exact) mass is 319 g/mol. The Balaban J connectivity index is 2.45. The van der Waals surface area contributed by atoms with Crippen molar-refractivity contribution in [2.45, 2.75) is 45.3 Å².